The molecule has 0 aliphatic carbocycles. The van der Waals surface area contributed by atoms with E-state index in [1.807, 2.05) is 0 Å². The molecule has 84 valence electrons. The average molecular weight is 248 g/mol. The minimum absolute atomic E-state index is 0.0231. The Balaban J connectivity index is 2.83. The van der Waals surface area contributed by atoms with Crippen molar-refractivity contribution in [3.63, 3.8) is 0 Å². The molecule has 0 saturated heterocycles. The van der Waals surface area contributed by atoms with Gasteiger partial charge in [0.1, 0.15) is 0 Å². The predicted molar refractivity (Wildman–Crippen MR) is 64.7 cm³/mol. The summed E-state index contributed by atoms with van der Waals surface area (Å²) in [6.07, 6.45) is 2.15. The lowest BCUT2D eigenvalue weighted by Gasteiger charge is -2.27. The molecule has 0 saturated carbocycles. The number of aromatic nitrogens is 2. The van der Waals surface area contributed by atoms with Crippen LogP contribution in [0.1, 0.15) is 33.6 Å². The van der Waals surface area contributed by atoms with Crippen molar-refractivity contribution in [2.75, 3.05) is 5.32 Å². The Hall–Kier alpha value is -0.540. The number of rotatable bonds is 4. The van der Waals surface area contributed by atoms with E-state index < -0.39 is 0 Å². The average Bonchev–Trinajstić information content (AvgIpc) is 2.10. The monoisotopic (exact) mass is 247 g/mol. The molecule has 0 amide bonds. The van der Waals surface area contributed by atoms with Crippen LogP contribution in [0.2, 0.25) is 10.3 Å². The molecule has 1 aromatic heterocycles. The summed E-state index contributed by atoms with van der Waals surface area (Å²) < 4.78 is 0. The van der Waals surface area contributed by atoms with E-state index in [-0.39, 0.29) is 5.54 Å². The van der Waals surface area contributed by atoms with Crippen LogP contribution in [0.4, 0.5) is 5.69 Å². The van der Waals surface area contributed by atoms with Gasteiger partial charge in [-0.2, -0.15) is 0 Å². The highest BCUT2D eigenvalue weighted by Gasteiger charge is 2.18. The quantitative estimate of drug-likeness (QED) is 0.881. The molecule has 1 N–H and O–H groups in total. The zero-order valence-electron chi connectivity index (χ0n) is 9.14. The van der Waals surface area contributed by atoms with Gasteiger partial charge in [-0.15, -0.1) is 10.2 Å². The number of halogens is 2. The SMILES string of the molecule is CCCC(C)(C)Nc1cc(Cl)nnc1Cl. The van der Waals surface area contributed by atoms with Crippen LogP contribution in [0.5, 0.6) is 0 Å². The predicted octanol–water partition coefficient (Wildman–Crippen LogP) is 3.77. The van der Waals surface area contributed by atoms with Crippen LogP contribution in [-0.2, 0) is 0 Å². The second-order valence-electron chi connectivity index (χ2n) is 4.13. The van der Waals surface area contributed by atoms with Gasteiger partial charge in [-0.3, -0.25) is 0 Å². The normalized spacial score (nSPS) is 11.5. The summed E-state index contributed by atoms with van der Waals surface area (Å²) in [7, 11) is 0. The summed E-state index contributed by atoms with van der Waals surface area (Å²) in [5.41, 5.74) is 0.709. The molecule has 1 rings (SSSR count). The maximum absolute atomic E-state index is 5.91. The summed E-state index contributed by atoms with van der Waals surface area (Å²) in [6, 6.07) is 1.69. The molecule has 0 aliphatic heterocycles. The molecule has 0 atom stereocenters. The fourth-order valence-electron chi connectivity index (χ4n) is 1.49. The minimum Gasteiger partial charge on any atom is -0.378 e. The highest BCUT2D eigenvalue weighted by atomic mass is 35.5. The van der Waals surface area contributed by atoms with Gasteiger partial charge in [0.25, 0.3) is 0 Å². The van der Waals surface area contributed by atoms with Crippen LogP contribution >= 0.6 is 23.2 Å². The molecule has 1 aromatic rings. The van der Waals surface area contributed by atoms with Crippen molar-refractivity contribution < 1.29 is 0 Å². The van der Waals surface area contributed by atoms with Crippen LogP contribution in [0.25, 0.3) is 0 Å². The third-order valence-electron chi connectivity index (χ3n) is 2.07. The largest absolute Gasteiger partial charge is 0.378 e. The minimum atomic E-state index is -0.0231. The number of hydrogen-bond donors (Lipinski definition) is 1. The first-order chi connectivity index (χ1) is 6.94. The first-order valence-electron chi connectivity index (χ1n) is 4.91. The Morgan fingerprint density at radius 3 is 2.60 bits per heavy atom. The van der Waals surface area contributed by atoms with Gasteiger partial charge in [0.15, 0.2) is 10.3 Å². The van der Waals surface area contributed by atoms with Gasteiger partial charge in [0.2, 0.25) is 0 Å². The molecule has 1 heterocycles. The van der Waals surface area contributed by atoms with E-state index in [9.17, 15) is 0 Å². The van der Waals surface area contributed by atoms with Gasteiger partial charge in [0.05, 0.1) is 5.69 Å². The molecule has 0 spiro atoms. The third-order valence-corrected chi connectivity index (χ3v) is 2.53. The van der Waals surface area contributed by atoms with E-state index in [0.717, 1.165) is 18.5 Å². The molecular weight excluding hydrogens is 233 g/mol. The van der Waals surface area contributed by atoms with Crippen LogP contribution in [-0.4, -0.2) is 15.7 Å². The lowest BCUT2D eigenvalue weighted by molar-refractivity contribution is 0.510. The van der Waals surface area contributed by atoms with Crippen LogP contribution in [0.15, 0.2) is 6.07 Å². The number of nitrogens with zero attached hydrogens (tertiary/aromatic N) is 2. The Morgan fingerprint density at radius 1 is 1.33 bits per heavy atom. The lowest BCUT2D eigenvalue weighted by Crippen LogP contribution is -2.30. The molecule has 0 bridgehead atoms. The van der Waals surface area contributed by atoms with E-state index >= 15 is 0 Å². The zero-order valence-corrected chi connectivity index (χ0v) is 10.7. The van der Waals surface area contributed by atoms with E-state index in [0.29, 0.717) is 10.3 Å². The van der Waals surface area contributed by atoms with Gasteiger partial charge in [0, 0.05) is 11.6 Å². The Labute approximate surface area is 100 Å². The van der Waals surface area contributed by atoms with Crippen LogP contribution in [0.3, 0.4) is 0 Å². The van der Waals surface area contributed by atoms with E-state index in [1.165, 1.54) is 0 Å². The Kier molecular flexibility index (Phi) is 4.17. The summed E-state index contributed by atoms with van der Waals surface area (Å²) in [5.74, 6) is 0. The summed E-state index contributed by atoms with van der Waals surface area (Å²) in [4.78, 5) is 0. The van der Waals surface area contributed by atoms with Crippen molar-refractivity contribution in [1.82, 2.24) is 10.2 Å². The first-order valence-corrected chi connectivity index (χ1v) is 5.67. The van der Waals surface area contributed by atoms with Gasteiger partial charge in [-0.25, -0.2) is 0 Å². The van der Waals surface area contributed by atoms with Gasteiger partial charge in [-0.05, 0) is 20.3 Å². The first kappa shape index (κ1) is 12.5. The smallest absolute Gasteiger partial charge is 0.174 e. The van der Waals surface area contributed by atoms with Crippen molar-refractivity contribution >= 4 is 28.9 Å². The fourth-order valence-corrected chi connectivity index (χ4v) is 1.78. The molecule has 5 heteroatoms. The molecule has 0 aliphatic rings. The van der Waals surface area contributed by atoms with Crippen molar-refractivity contribution in [3.05, 3.63) is 16.4 Å². The fraction of sp³-hybridized carbons (Fsp3) is 0.600. The van der Waals surface area contributed by atoms with Crippen molar-refractivity contribution in [1.29, 1.82) is 0 Å². The molecule has 0 fully saturated rings. The van der Waals surface area contributed by atoms with E-state index in [4.69, 9.17) is 23.2 Å². The summed E-state index contributed by atoms with van der Waals surface area (Å²) in [5, 5.41) is 11.4. The zero-order chi connectivity index (χ0) is 11.5. The van der Waals surface area contributed by atoms with Crippen molar-refractivity contribution in [3.8, 4) is 0 Å². The van der Waals surface area contributed by atoms with Gasteiger partial charge < -0.3 is 5.32 Å². The molecular formula is C10H15Cl2N3. The standard InChI is InChI=1S/C10H15Cl2N3/c1-4-5-10(2,3)13-7-6-8(11)14-15-9(7)12/h6H,4-5H2,1-3H3,(H,13,14). The third kappa shape index (κ3) is 3.84. The molecule has 3 nitrogen and oxygen atoms in total. The molecule has 0 radical (unpaired) electrons. The molecule has 15 heavy (non-hydrogen) atoms. The highest BCUT2D eigenvalue weighted by molar-refractivity contribution is 6.33. The number of nitrogens with one attached hydrogen (secondary N) is 1. The van der Waals surface area contributed by atoms with E-state index in [2.05, 4.69) is 36.3 Å². The van der Waals surface area contributed by atoms with Crippen LogP contribution in [0, 0.1) is 0 Å². The van der Waals surface area contributed by atoms with Crippen molar-refractivity contribution in [2.45, 2.75) is 39.2 Å². The van der Waals surface area contributed by atoms with Crippen LogP contribution < -0.4 is 5.32 Å². The van der Waals surface area contributed by atoms with E-state index in [1.54, 1.807) is 6.07 Å². The van der Waals surface area contributed by atoms with Gasteiger partial charge in [-0.1, -0.05) is 36.5 Å². The van der Waals surface area contributed by atoms with Gasteiger partial charge >= 0.3 is 0 Å². The second-order valence-corrected chi connectivity index (χ2v) is 4.88. The summed E-state index contributed by atoms with van der Waals surface area (Å²) in [6.45, 7) is 6.37. The topological polar surface area (TPSA) is 37.8 Å². The number of hydrogen-bond acceptors (Lipinski definition) is 3. The number of anilines is 1. The Morgan fingerprint density at radius 2 is 2.00 bits per heavy atom. The van der Waals surface area contributed by atoms with Crippen molar-refractivity contribution in [2.24, 2.45) is 0 Å². The maximum Gasteiger partial charge on any atom is 0.174 e. The highest BCUT2D eigenvalue weighted by Crippen LogP contribution is 2.26. The summed E-state index contributed by atoms with van der Waals surface area (Å²) >= 11 is 11.7. The lowest BCUT2D eigenvalue weighted by atomic mass is 9.99. The Bertz CT molecular complexity index is 339. The molecule has 0 unspecified atom stereocenters. The molecule has 0 aromatic carbocycles. The maximum atomic E-state index is 5.91. The second kappa shape index (κ2) is 4.99.